The van der Waals surface area contributed by atoms with Crippen molar-refractivity contribution in [2.24, 2.45) is 0 Å². The SMILES string of the molecule is CCS(=O)(=O)CCCCC(C)N(c1cc(Cl)ccc1Cl)S(=O)(=O)c1ccc(Cl)cc1. The Hall–Kier alpha value is -0.990. The highest BCUT2D eigenvalue weighted by atomic mass is 35.5. The van der Waals surface area contributed by atoms with E-state index in [2.05, 4.69) is 0 Å². The van der Waals surface area contributed by atoms with E-state index in [1.54, 1.807) is 26.0 Å². The summed E-state index contributed by atoms with van der Waals surface area (Å²) in [6.07, 6.45) is 1.46. The van der Waals surface area contributed by atoms with Crippen molar-refractivity contribution in [2.45, 2.75) is 44.0 Å². The molecule has 0 saturated heterocycles. The molecule has 0 aliphatic rings. The Morgan fingerprint density at radius 3 is 2.10 bits per heavy atom. The third-order valence-corrected chi connectivity index (χ3v) is 9.22. The second-order valence-corrected chi connectivity index (χ2v) is 12.5. The lowest BCUT2D eigenvalue weighted by atomic mass is 10.1. The van der Waals surface area contributed by atoms with E-state index in [-0.39, 0.29) is 27.1 Å². The third-order valence-electron chi connectivity index (χ3n) is 4.68. The fourth-order valence-corrected chi connectivity index (χ4v) is 6.18. The molecule has 2 aromatic carbocycles. The van der Waals surface area contributed by atoms with Crippen molar-refractivity contribution < 1.29 is 16.8 Å². The molecular weight excluding hydrogens is 489 g/mol. The highest BCUT2D eigenvalue weighted by molar-refractivity contribution is 7.93. The van der Waals surface area contributed by atoms with Gasteiger partial charge in [-0.05, 0) is 62.2 Å². The van der Waals surface area contributed by atoms with Gasteiger partial charge in [-0.25, -0.2) is 16.8 Å². The van der Waals surface area contributed by atoms with Crippen LogP contribution in [0.5, 0.6) is 0 Å². The van der Waals surface area contributed by atoms with Crippen molar-refractivity contribution in [3.8, 4) is 0 Å². The van der Waals surface area contributed by atoms with Gasteiger partial charge in [0, 0.05) is 21.8 Å². The predicted octanol–water partition coefficient (Wildman–Crippen LogP) is 5.84. The topological polar surface area (TPSA) is 71.5 Å². The van der Waals surface area contributed by atoms with Crippen molar-refractivity contribution in [1.82, 2.24) is 0 Å². The van der Waals surface area contributed by atoms with Gasteiger partial charge in [0.2, 0.25) is 0 Å². The Balaban J connectivity index is 2.36. The van der Waals surface area contributed by atoms with Gasteiger partial charge in [0.1, 0.15) is 9.84 Å². The van der Waals surface area contributed by atoms with Crippen LogP contribution < -0.4 is 4.31 Å². The Labute approximate surface area is 193 Å². The number of unbranched alkanes of at least 4 members (excludes halogenated alkanes) is 1. The molecule has 2 aromatic rings. The summed E-state index contributed by atoms with van der Waals surface area (Å²) in [4.78, 5) is 0.0725. The summed E-state index contributed by atoms with van der Waals surface area (Å²) in [5, 5.41) is 1.02. The van der Waals surface area contributed by atoms with Crippen LogP contribution in [0, 0.1) is 0 Å². The molecule has 2 rings (SSSR count). The van der Waals surface area contributed by atoms with E-state index in [9.17, 15) is 16.8 Å². The standard InChI is InChI=1S/C20H24Cl3NO4S2/c1-3-29(25,26)13-5-4-6-15(2)24(20-14-17(22)9-12-19(20)23)30(27,28)18-10-7-16(21)8-11-18/h7-12,14-15H,3-6,13H2,1-2H3. The van der Waals surface area contributed by atoms with Crippen LogP contribution in [0.1, 0.15) is 33.1 Å². The zero-order chi connectivity index (χ0) is 22.5. The molecule has 0 amide bonds. The van der Waals surface area contributed by atoms with E-state index in [1.807, 2.05) is 0 Å². The highest BCUT2D eigenvalue weighted by Gasteiger charge is 2.31. The van der Waals surface area contributed by atoms with Gasteiger partial charge in [-0.15, -0.1) is 0 Å². The second-order valence-electron chi connectivity index (χ2n) is 6.93. The number of hydrogen-bond donors (Lipinski definition) is 0. The average molecular weight is 513 g/mol. The third kappa shape index (κ3) is 6.50. The maximum absolute atomic E-state index is 13.5. The van der Waals surface area contributed by atoms with Gasteiger partial charge >= 0.3 is 0 Å². The first-order valence-corrected chi connectivity index (χ1v) is 13.8. The quantitative estimate of drug-likeness (QED) is 0.375. The number of hydrogen-bond acceptors (Lipinski definition) is 4. The zero-order valence-corrected chi connectivity index (χ0v) is 20.6. The first kappa shape index (κ1) is 25.3. The monoisotopic (exact) mass is 511 g/mol. The summed E-state index contributed by atoms with van der Waals surface area (Å²) in [6.45, 7) is 3.37. The molecule has 0 aliphatic heterocycles. The molecule has 5 nitrogen and oxygen atoms in total. The number of anilines is 1. The molecule has 0 heterocycles. The average Bonchev–Trinajstić information content (AvgIpc) is 2.68. The van der Waals surface area contributed by atoms with Crippen LogP contribution in [0.2, 0.25) is 15.1 Å². The van der Waals surface area contributed by atoms with E-state index >= 15 is 0 Å². The van der Waals surface area contributed by atoms with Gasteiger partial charge in [-0.2, -0.15) is 0 Å². The smallest absolute Gasteiger partial charge is 0.262 e. The van der Waals surface area contributed by atoms with E-state index in [1.165, 1.54) is 34.6 Å². The molecule has 0 spiro atoms. The largest absolute Gasteiger partial charge is 0.264 e. The summed E-state index contributed by atoms with van der Waals surface area (Å²) in [6, 6.07) is 10.0. The first-order valence-electron chi connectivity index (χ1n) is 9.43. The minimum atomic E-state index is -3.97. The maximum Gasteiger partial charge on any atom is 0.264 e. The minimum absolute atomic E-state index is 0.0725. The molecule has 0 radical (unpaired) electrons. The highest BCUT2D eigenvalue weighted by Crippen LogP contribution is 2.35. The van der Waals surface area contributed by atoms with Crippen molar-refractivity contribution in [2.75, 3.05) is 15.8 Å². The van der Waals surface area contributed by atoms with Crippen LogP contribution in [0.4, 0.5) is 5.69 Å². The van der Waals surface area contributed by atoms with Crippen LogP contribution in [-0.4, -0.2) is 34.4 Å². The summed E-state index contributed by atoms with van der Waals surface area (Å²) < 4.78 is 51.6. The fraction of sp³-hybridized carbons (Fsp3) is 0.400. The lowest BCUT2D eigenvalue weighted by Crippen LogP contribution is -2.39. The molecule has 1 atom stereocenters. The molecule has 0 fully saturated rings. The van der Waals surface area contributed by atoms with Crippen LogP contribution >= 0.6 is 34.8 Å². The van der Waals surface area contributed by atoms with Crippen molar-refractivity contribution in [3.63, 3.8) is 0 Å². The normalized spacial score (nSPS) is 13.2. The summed E-state index contributed by atoms with van der Waals surface area (Å²) >= 11 is 18.3. The number of sulfonamides is 1. The number of sulfone groups is 1. The molecule has 166 valence electrons. The Morgan fingerprint density at radius 1 is 0.900 bits per heavy atom. The molecule has 0 N–H and O–H groups in total. The minimum Gasteiger partial charge on any atom is -0.262 e. The molecule has 0 aliphatic carbocycles. The molecule has 10 heteroatoms. The number of nitrogens with zero attached hydrogens (tertiary/aromatic N) is 1. The summed E-state index contributed by atoms with van der Waals surface area (Å²) in [5.41, 5.74) is 0.271. The predicted molar refractivity (Wildman–Crippen MR) is 125 cm³/mol. The Bertz CT molecular complexity index is 1070. The van der Waals surface area contributed by atoms with Crippen molar-refractivity contribution in [3.05, 3.63) is 57.5 Å². The van der Waals surface area contributed by atoms with Gasteiger partial charge in [-0.3, -0.25) is 4.31 Å². The van der Waals surface area contributed by atoms with Crippen LogP contribution in [0.3, 0.4) is 0 Å². The fourth-order valence-electron chi connectivity index (χ4n) is 3.00. The van der Waals surface area contributed by atoms with Crippen LogP contribution in [0.25, 0.3) is 0 Å². The lowest BCUT2D eigenvalue weighted by Gasteiger charge is -2.31. The summed E-state index contributed by atoms with van der Waals surface area (Å²) in [7, 11) is -7.03. The van der Waals surface area contributed by atoms with Gasteiger partial charge in [-0.1, -0.05) is 48.1 Å². The zero-order valence-electron chi connectivity index (χ0n) is 16.7. The van der Waals surface area contributed by atoms with E-state index in [4.69, 9.17) is 34.8 Å². The maximum atomic E-state index is 13.5. The first-order chi connectivity index (χ1) is 14.0. The van der Waals surface area contributed by atoms with Gasteiger partial charge in [0.15, 0.2) is 0 Å². The molecule has 0 aromatic heterocycles. The van der Waals surface area contributed by atoms with Gasteiger partial charge in [0.25, 0.3) is 10.0 Å². The van der Waals surface area contributed by atoms with E-state index in [0.29, 0.717) is 29.3 Å². The van der Waals surface area contributed by atoms with E-state index < -0.39 is 25.9 Å². The molecular formula is C20H24Cl3NO4S2. The van der Waals surface area contributed by atoms with Crippen molar-refractivity contribution >= 4 is 60.4 Å². The number of rotatable bonds is 10. The molecule has 0 bridgehead atoms. The molecule has 30 heavy (non-hydrogen) atoms. The number of halogens is 3. The van der Waals surface area contributed by atoms with Crippen molar-refractivity contribution in [1.29, 1.82) is 0 Å². The van der Waals surface area contributed by atoms with E-state index in [0.717, 1.165) is 0 Å². The Morgan fingerprint density at radius 2 is 1.50 bits per heavy atom. The molecule has 1 unspecified atom stereocenters. The van der Waals surface area contributed by atoms with Crippen LogP contribution in [0.15, 0.2) is 47.4 Å². The second kappa shape index (κ2) is 10.6. The Kier molecular flexibility index (Phi) is 8.89. The number of benzene rings is 2. The van der Waals surface area contributed by atoms with Crippen LogP contribution in [-0.2, 0) is 19.9 Å². The summed E-state index contributed by atoms with van der Waals surface area (Å²) in [5.74, 6) is 0.176. The molecule has 0 saturated carbocycles. The van der Waals surface area contributed by atoms with Gasteiger partial charge < -0.3 is 0 Å². The van der Waals surface area contributed by atoms with Gasteiger partial charge in [0.05, 0.1) is 21.4 Å². The lowest BCUT2D eigenvalue weighted by molar-refractivity contribution is 0.557.